The molecule has 5 aromatic rings. The maximum Gasteiger partial charge on any atom is 0.419 e. The Hall–Kier alpha value is -4.63. The van der Waals surface area contributed by atoms with Crippen LogP contribution >= 0.6 is 0 Å². The second-order valence-corrected chi connectivity index (χ2v) is 10.4. The number of aromatic nitrogens is 1. The lowest BCUT2D eigenvalue weighted by Crippen LogP contribution is -2.46. The molecule has 1 heterocycles. The number of pyridine rings is 1. The molecule has 0 atom stereocenters. The predicted octanol–water partition coefficient (Wildman–Crippen LogP) is 8.40. The van der Waals surface area contributed by atoms with Crippen LogP contribution in [0.4, 0.5) is 27.6 Å². The van der Waals surface area contributed by atoms with E-state index in [1.165, 1.54) is 12.1 Å². The molecule has 1 saturated carbocycles. The minimum absolute atomic E-state index is 0.0238. The number of ether oxygens (including phenoxy) is 1. The van der Waals surface area contributed by atoms with E-state index in [1.807, 2.05) is 60.7 Å². The smallest absolute Gasteiger partial charge is 0.419 e. The molecule has 1 N–H and O–H groups in total. The summed E-state index contributed by atoms with van der Waals surface area (Å²) in [5.41, 5.74) is 2.07. The first-order chi connectivity index (χ1) is 20.8. The molecule has 1 aliphatic rings. The number of alkyl halides is 3. The maximum absolute atomic E-state index is 15.7. The highest BCUT2D eigenvalue weighted by molar-refractivity contribution is 6.15. The zero-order valence-electron chi connectivity index (χ0n) is 22.8. The zero-order valence-corrected chi connectivity index (χ0v) is 22.8. The minimum Gasteiger partial charge on any atom is -0.490 e. The summed E-state index contributed by atoms with van der Waals surface area (Å²) in [6.45, 7) is 0.229. The van der Waals surface area contributed by atoms with E-state index in [0.29, 0.717) is 46.6 Å². The lowest BCUT2D eigenvalue weighted by molar-refractivity contribution is -0.140. The van der Waals surface area contributed by atoms with Crippen molar-refractivity contribution in [3.05, 3.63) is 137 Å². The minimum atomic E-state index is -4.80. The van der Waals surface area contributed by atoms with E-state index in [-0.39, 0.29) is 24.4 Å². The van der Waals surface area contributed by atoms with Crippen LogP contribution in [0.25, 0.3) is 10.8 Å². The van der Waals surface area contributed by atoms with Crippen molar-refractivity contribution < 1.29 is 26.7 Å². The molecular formula is C34H26F5N3O. The van der Waals surface area contributed by atoms with Gasteiger partial charge in [-0.25, -0.2) is 13.8 Å². The SMILES string of the molecule is Fc1ccc(OC2CC(NCc3c(F)cc(N=C(c4ccccc4)c4ccccc4)c4cnccc34)C2)cc1C(F)(F)F. The van der Waals surface area contributed by atoms with Gasteiger partial charge in [0.1, 0.15) is 23.5 Å². The van der Waals surface area contributed by atoms with Gasteiger partial charge in [0.15, 0.2) is 0 Å². The van der Waals surface area contributed by atoms with Gasteiger partial charge in [-0.3, -0.25) is 4.98 Å². The Labute approximate surface area is 244 Å². The normalized spacial score (nSPS) is 16.5. The summed E-state index contributed by atoms with van der Waals surface area (Å²) in [4.78, 5) is 9.21. The third-order valence-corrected chi connectivity index (χ3v) is 7.51. The van der Waals surface area contributed by atoms with Crippen LogP contribution in [0, 0.1) is 11.6 Å². The molecule has 1 aromatic heterocycles. The van der Waals surface area contributed by atoms with Gasteiger partial charge in [-0.05, 0) is 42.5 Å². The van der Waals surface area contributed by atoms with E-state index in [2.05, 4.69) is 10.3 Å². The summed E-state index contributed by atoms with van der Waals surface area (Å²) in [6, 6.07) is 25.2. The van der Waals surface area contributed by atoms with Crippen LogP contribution in [-0.4, -0.2) is 22.8 Å². The number of rotatable bonds is 8. The molecule has 0 radical (unpaired) electrons. The third kappa shape index (κ3) is 6.27. The van der Waals surface area contributed by atoms with Gasteiger partial charge in [-0.2, -0.15) is 13.2 Å². The molecule has 1 fully saturated rings. The van der Waals surface area contributed by atoms with Crippen LogP contribution in [0.5, 0.6) is 5.75 Å². The predicted molar refractivity (Wildman–Crippen MR) is 156 cm³/mol. The van der Waals surface area contributed by atoms with Crippen molar-refractivity contribution in [2.75, 3.05) is 0 Å². The average Bonchev–Trinajstić information content (AvgIpc) is 2.99. The molecule has 1 aliphatic carbocycles. The molecule has 218 valence electrons. The first-order valence-corrected chi connectivity index (χ1v) is 13.8. The lowest BCUT2D eigenvalue weighted by atomic mass is 9.88. The Kier molecular flexibility index (Phi) is 7.90. The lowest BCUT2D eigenvalue weighted by Gasteiger charge is -2.36. The molecule has 0 unspecified atom stereocenters. The van der Waals surface area contributed by atoms with Crippen molar-refractivity contribution in [2.45, 2.75) is 37.7 Å². The van der Waals surface area contributed by atoms with E-state index in [1.54, 1.807) is 18.5 Å². The molecule has 4 aromatic carbocycles. The van der Waals surface area contributed by atoms with Gasteiger partial charge >= 0.3 is 6.18 Å². The molecule has 0 bridgehead atoms. The molecule has 0 saturated heterocycles. The maximum atomic E-state index is 15.7. The number of benzene rings is 4. The highest BCUT2D eigenvalue weighted by Crippen LogP contribution is 2.36. The fourth-order valence-corrected chi connectivity index (χ4v) is 5.22. The number of halogens is 5. The topological polar surface area (TPSA) is 46.5 Å². The van der Waals surface area contributed by atoms with Crippen LogP contribution in [0.1, 0.15) is 35.1 Å². The molecule has 9 heteroatoms. The molecule has 43 heavy (non-hydrogen) atoms. The van der Waals surface area contributed by atoms with Gasteiger partial charge in [0.2, 0.25) is 0 Å². The Bertz CT molecular complexity index is 1730. The number of nitrogens with zero attached hydrogens (tertiary/aromatic N) is 2. The Morgan fingerprint density at radius 1 is 0.837 bits per heavy atom. The van der Waals surface area contributed by atoms with Gasteiger partial charge in [-0.15, -0.1) is 0 Å². The Morgan fingerprint density at radius 2 is 1.51 bits per heavy atom. The highest BCUT2D eigenvalue weighted by atomic mass is 19.4. The van der Waals surface area contributed by atoms with Gasteiger partial charge in [-0.1, -0.05) is 60.7 Å². The first-order valence-electron chi connectivity index (χ1n) is 13.8. The highest BCUT2D eigenvalue weighted by Gasteiger charge is 2.36. The third-order valence-electron chi connectivity index (χ3n) is 7.51. The summed E-state index contributed by atoms with van der Waals surface area (Å²) >= 11 is 0. The second-order valence-electron chi connectivity index (χ2n) is 10.4. The van der Waals surface area contributed by atoms with Crippen molar-refractivity contribution in [1.82, 2.24) is 10.3 Å². The monoisotopic (exact) mass is 587 g/mol. The molecule has 4 nitrogen and oxygen atoms in total. The fourth-order valence-electron chi connectivity index (χ4n) is 5.22. The first kappa shape index (κ1) is 28.5. The summed E-state index contributed by atoms with van der Waals surface area (Å²) in [7, 11) is 0. The van der Waals surface area contributed by atoms with E-state index >= 15 is 4.39 Å². The van der Waals surface area contributed by atoms with Crippen molar-refractivity contribution >= 4 is 22.2 Å². The zero-order chi connectivity index (χ0) is 30.0. The Balaban J connectivity index is 1.20. The van der Waals surface area contributed by atoms with Gasteiger partial charge in [0.05, 0.1) is 17.0 Å². The number of hydrogen-bond donors (Lipinski definition) is 1. The van der Waals surface area contributed by atoms with Crippen molar-refractivity contribution in [3.8, 4) is 5.75 Å². The molecular weight excluding hydrogens is 561 g/mol. The largest absolute Gasteiger partial charge is 0.490 e. The van der Waals surface area contributed by atoms with Crippen molar-refractivity contribution in [2.24, 2.45) is 4.99 Å². The summed E-state index contributed by atoms with van der Waals surface area (Å²) < 4.78 is 74.0. The standard InChI is InChI=1S/C34H26F5N3O/c35-30-12-11-24(17-29(30)34(37,38)39)43-25-15-23(16-25)41-20-27-26-13-14-40-19-28(26)32(18-31(27)36)42-33(21-7-3-1-4-8-21)22-9-5-2-6-10-22/h1-14,17-19,23,25,41H,15-16,20H2. The molecule has 0 amide bonds. The van der Waals surface area contributed by atoms with Crippen LogP contribution in [-0.2, 0) is 12.7 Å². The van der Waals surface area contributed by atoms with Gasteiger partial charge < -0.3 is 10.1 Å². The van der Waals surface area contributed by atoms with E-state index in [0.717, 1.165) is 17.2 Å². The molecule has 0 aliphatic heterocycles. The van der Waals surface area contributed by atoms with E-state index in [9.17, 15) is 17.6 Å². The van der Waals surface area contributed by atoms with E-state index in [4.69, 9.17) is 9.73 Å². The molecule has 0 spiro atoms. The number of hydrogen-bond acceptors (Lipinski definition) is 4. The second kappa shape index (κ2) is 11.9. The number of fused-ring (bicyclic) bond motifs is 1. The van der Waals surface area contributed by atoms with E-state index < -0.39 is 23.4 Å². The average molecular weight is 588 g/mol. The summed E-state index contributed by atoms with van der Waals surface area (Å²) in [5.74, 6) is -1.79. The summed E-state index contributed by atoms with van der Waals surface area (Å²) in [5, 5.41) is 4.71. The molecule has 6 rings (SSSR count). The van der Waals surface area contributed by atoms with Crippen molar-refractivity contribution in [1.29, 1.82) is 0 Å². The number of aliphatic imine (C=N–C) groups is 1. The van der Waals surface area contributed by atoms with Crippen LogP contribution in [0.15, 0.2) is 108 Å². The van der Waals surface area contributed by atoms with Crippen molar-refractivity contribution in [3.63, 3.8) is 0 Å². The van der Waals surface area contributed by atoms with Gasteiger partial charge in [0.25, 0.3) is 0 Å². The van der Waals surface area contributed by atoms with Crippen LogP contribution in [0.2, 0.25) is 0 Å². The quantitative estimate of drug-likeness (QED) is 0.147. The number of nitrogens with one attached hydrogen (secondary N) is 1. The van der Waals surface area contributed by atoms with Crippen LogP contribution < -0.4 is 10.1 Å². The Morgan fingerprint density at radius 3 is 2.16 bits per heavy atom. The summed E-state index contributed by atoms with van der Waals surface area (Å²) in [6.07, 6.45) is -0.823. The van der Waals surface area contributed by atoms with Gasteiger partial charge in [0, 0.05) is 53.1 Å². The van der Waals surface area contributed by atoms with Crippen LogP contribution in [0.3, 0.4) is 0 Å². The fraction of sp³-hybridized carbons (Fsp3) is 0.176.